The second-order valence-electron chi connectivity index (χ2n) is 6.03. The zero-order valence-electron chi connectivity index (χ0n) is 15.5. The molecule has 1 aliphatic heterocycles. The summed E-state index contributed by atoms with van der Waals surface area (Å²) in [4.78, 5) is 28.0. The molecule has 1 amide bonds. The SMILES string of the molecule is CCOC(=O)c1ccc(N/C=C(/C#N)C(=O)N2CCN(CCN)CC2)cc1. The summed E-state index contributed by atoms with van der Waals surface area (Å²) in [7, 11) is 0. The lowest BCUT2D eigenvalue weighted by molar-refractivity contribution is -0.128. The summed E-state index contributed by atoms with van der Waals surface area (Å²) >= 11 is 0. The maximum absolute atomic E-state index is 12.5. The van der Waals surface area contributed by atoms with Crippen molar-refractivity contribution in [3.63, 3.8) is 0 Å². The first-order valence-corrected chi connectivity index (χ1v) is 8.94. The van der Waals surface area contributed by atoms with Crippen molar-refractivity contribution in [3.8, 4) is 6.07 Å². The van der Waals surface area contributed by atoms with Crippen molar-refractivity contribution >= 4 is 17.6 Å². The normalized spacial score (nSPS) is 15.1. The van der Waals surface area contributed by atoms with Crippen LogP contribution in [0.2, 0.25) is 0 Å². The molecule has 8 heteroatoms. The van der Waals surface area contributed by atoms with E-state index in [2.05, 4.69) is 10.2 Å². The summed E-state index contributed by atoms with van der Waals surface area (Å²) in [5.74, 6) is -0.679. The lowest BCUT2D eigenvalue weighted by atomic mass is 10.2. The van der Waals surface area contributed by atoms with E-state index in [1.165, 1.54) is 6.20 Å². The van der Waals surface area contributed by atoms with E-state index >= 15 is 0 Å². The molecule has 1 heterocycles. The Bertz CT molecular complexity index is 716. The van der Waals surface area contributed by atoms with Gasteiger partial charge in [0.2, 0.25) is 0 Å². The van der Waals surface area contributed by atoms with Gasteiger partial charge in [0.05, 0.1) is 12.2 Å². The number of nitrogens with zero attached hydrogens (tertiary/aromatic N) is 3. The van der Waals surface area contributed by atoms with Crippen molar-refractivity contribution in [3.05, 3.63) is 41.6 Å². The van der Waals surface area contributed by atoms with Crippen LogP contribution in [0.3, 0.4) is 0 Å². The van der Waals surface area contributed by atoms with Crippen molar-refractivity contribution in [2.45, 2.75) is 6.92 Å². The molecule has 144 valence electrons. The summed E-state index contributed by atoms with van der Waals surface area (Å²) in [5, 5.41) is 12.3. The zero-order chi connectivity index (χ0) is 19.6. The molecule has 0 aliphatic carbocycles. The van der Waals surface area contributed by atoms with Crippen LogP contribution >= 0.6 is 0 Å². The molecular weight excluding hydrogens is 346 g/mol. The number of ether oxygens (including phenoxy) is 1. The quantitative estimate of drug-likeness (QED) is 0.414. The first-order valence-electron chi connectivity index (χ1n) is 8.94. The van der Waals surface area contributed by atoms with Crippen LogP contribution in [0.5, 0.6) is 0 Å². The van der Waals surface area contributed by atoms with Gasteiger partial charge >= 0.3 is 5.97 Å². The van der Waals surface area contributed by atoms with Gasteiger partial charge in [-0.25, -0.2) is 4.79 Å². The summed E-state index contributed by atoms with van der Waals surface area (Å²) in [6.45, 7) is 6.13. The molecule has 1 aliphatic rings. The Morgan fingerprint density at radius 2 is 1.93 bits per heavy atom. The number of amides is 1. The lowest BCUT2D eigenvalue weighted by Crippen LogP contribution is -2.50. The third-order valence-corrected chi connectivity index (χ3v) is 4.23. The van der Waals surface area contributed by atoms with E-state index in [0.717, 1.165) is 19.6 Å². The van der Waals surface area contributed by atoms with Crippen molar-refractivity contribution in [1.82, 2.24) is 9.80 Å². The molecule has 0 saturated carbocycles. The average molecular weight is 371 g/mol. The zero-order valence-corrected chi connectivity index (χ0v) is 15.5. The number of nitrogens with one attached hydrogen (secondary N) is 1. The van der Waals surface area contributed by atoms with Gasteiger partial charge in [0.25, 0.3) is 5.91 Å². The predicted octanol–water partition coefficient (Wildman–Crippen LogP) is 0.786. The smallest absolute Gasteiger partial charge is 0.338 e. The van der Waals surface area contributed by atoms with Crippen molar-refractivity contribution in [1.29, 1.82) is 5.26 Å². The van der Waals surface area contributed by atoms with E-state index in [9.17, 15) is 14.9 Å². The van der Waals surface area contributed by atoms with Crippen LogP contribution in [-0.4, -0.2) is 67.6 Å². The molecule has 8 nitrogen and oxygen atoms in total. The van der Waals surface area contributed by atoms with Crippen molar-refractivity contribution in [2.24, 2.45) is 5.73 Å². The molecule has 0 unspecified atom stereocenters. The molecule has 1 aromatic rings. The third kappa shape index (κ3) is 5.81. The number of hydrogen-bond acceptors (Lipinski definition) is 7. The van der Waals surface area contributed by atoms with E-state index in [-0.39, 0.29) is 17.4 Å². The van der Waals surface area contributed by atoms with Crippen LogP contribution in [0, 0.1) is 11.3 Å². The van der Waals surface area contributed by atoms with Crippen LogP contribution in [-0.2, 0) is 9.53 Å². The minimum atomic E-state index is -0.388. The van der Waals surface area contributed by atoms with Crippen LogP contribution in [0.25, 0.3) is 0 Å². The van der Waals surface area contributed by atoms with Gasteiger partial charge in [-0.3, -0.25) is 9.69 Å². The van der Waals surface area contributed by atoms with Crippen LogP contribution in [0.1, 0.15) is 17.3 Å². The molecule has 0 aromatic heterocycles. The summed E-state index contributed by atoms with van der Waals surface area (Å²) in [6, 6.07) is 8.58. The number of nitrogens with two attached hydrogens (primary N) is 1. The maximum Gasteiger partial charge on any atom is 0.338 e. The number of carbonyl (C=O) groups excluding carboxylic acids is 2. The average Bonchev–Trinajstić information content (AvgIpc) is 2.70. The largest absolute Gasteiger partial charge is 0.462 e. The highest BCUT2D eigenvalue weighted by atomic mass is 16.5. The Balaban J connectivity index is 1.95. The van der Waals surface area contributed by atoms with Gasteiger partial charge in [-0.05, 0) is 31.2 Å². The first-order chi connectivity index (χ1) is 13.1. The van der Waals surface area contributed by atoms with Gasteiger partial charge in [-0.2, -0.15) is 5.26 Å². The summed E-state index contributed by atoms with van der Waals surface area (Å²) < 4.78 is 4.93. The number of esters is 1. The van der Waals surface area contributed by atoms with Crippen LogP contribution < -0.4 is 11.1 Å². The Morgan fingerprint density at radius 1 is 1.26 bits per heavy atom. The van der Waals surface area contributed by atoms with Crippen LogP contribution in [0.15, 0.2) is 36.0 Å². The summed E-state index contributed by atoms with van der Waals surface area (Å²) in [5.41, 5.74) is 6.70. The minimum absolute atomic E-state index is 0.0387. The second-order valence-corrected chi connectivity index (χ2v) is 6.03. The Kier molecular flexibility index (Phi) is 7.79. The number of rotatable bonds is 7. The number of anilines is 1. The maximum atomic E-state index is 12.5. The number of benzene rings is 1. The molecular formula is C19H25N5O3. The molecule has 1 saturated heterocycles. The fourth-order valence-corrected chi connectivity index (χ4v) is 2.74. The van der Waals surface area contributed by atoms with E-state index in [4.69, 9.17) is 10.5 Å². The number of hydrogen-bond donors (Lipinski definition) is 2. The number of nitriles is 1. The highest BCUT2D eigenvalue weighted by Crippen LogP contribution is 2.12. The molecule has 3 N–H and O–H groups in total. The van der Waals surface area contributed by atoms with E-state index in [0.29, 0.717) is 37.5 Å². The first kappa shape index (κ1) is 20.4. The molecule has 27 heavy (non-hydrogen) atoms. The van der Waals surface area contributed by atoms with Crippen molar-refractivity contribution < 1.29 is 14.3 Å². The topological polar surface area (TPSA) is 112 Å². The monoisotopic (exact) mass is 371 g/mol. The van der Waals surface area contributed by atoms with Gasteiger partial charge in [0.1, 0.15) is 11.6 Å². The van der Waals surface area contributed by atoms with Gasteiger partial charge in [-0.1, -0.05) is 0 Å². The highest BCUT2D eigenvalue weighted by Gasteiger charge is 2.23. The Morgan fingerprint density at radius 3 is 2.48 bits per heavy atom. The van der Waals surface area contributed by atoms with Gasteiger partial charge in [-0.15, -0.1) is 0 Å². The van der Waals surface area contributed by atoms with Crippen molar-refractivity contribution in [2.75, 3.05) is 51.2 Å². The Labute approximate surface area is 159 Å². The molecule has 0 atom stereocenters. The van der Waals surface area contributed by atoms with E-state index < -0.39 is 0 Å². The molecule has 2 rings (SSSR count). The molecule has 1 fully saturated rings. The lowest BCUT2D eigenvalue weighted by Gasteiger charge is -2.34. The highest BCUT2D eigenvalue weighted by molar-refractivity contribution is 5.97. The van der Waals surface area contributed by atoms with Gasteiger partial charge in [0.15, 0.2) is 0 Å². The van der Waals surface area contributed by atoms with E-state index in [1.54, 1.807) is 36.1 Å². The molecule has 0 bridgehead atoms. The van der Waals surface area contributed by atoms with Gasteiger partial charge in [0, 0.05) is 51.2 Å². The predicted molar refractivity (Wildman–Crippen MR) is 102 cm³/mol. The number of carbonyl (C=O) groups is 2. The number of piperazine rings is 1. The standard InChI is InChI=1S/C19H25N5O3/c1-2-27-19(26)15-3-5-17(6-4-15)22-14-16(13-21)18(25)24-11-9-23(8-7-20)10-12-24/h3-6,14,22H,2,7-12,20H2,1H3/b16-14-. The van der Waals surface area contributed by atoms with E-state index in [1.807, 2.05) is 6.07 Å². The third-order valence-electron chi connectivity index (χ3n) is 4.23. The fourth-order valence-electron chi connectivity index (χ4n) is 2.74. The second kappa shape index (κ2) is 10.3. The molecule has 1 aromatic carbocycles. The minimum Gasteiger partial charge on any atom is -0.462 e. The fraction of sp³-hybridized carbons (Fsp3) is 0.421. The molecule has 0 radical (unpaired) electrons. The molecule has 0 spiro atoms. The van der Waals surface area contributed by atoms with Crippen LogP contribution in [0.4, 0.5) is 5.69 Å². The Hall–Kier alpha value is -2.89. The summed E-state index contributed by atoms with van der Waals surface area (Å²) in [6.07, 6.45) is 1.40. The van der Waals surface area contributed by atoms with Gasteiger partial charge < -0.3 is 20.7 Å².